The number of hydrogen-bond donors (Lipinski definition) is 0. The van der Waals surface area contributed by atoms with Crippen LogP contribution in [0.25, 0.3) is 54.9 Å². The van der Waals surface area contributed by atoms with Gasteiger partial charge in [-0.05, 0) is 50.4 Å². The van der Waals surface area contributed by atoms with Gasteiger partial charge in [-0.15, -0.1) is 30.3 Å². The fraction of sp³-hybridized carbons (Fsp3) is 0. The van der Waals surface area contributed by atoms with Crippen LogP contribution < -0.4 is 25.5 Å². The maximum atomic E-state index is 6.61. The van der Waals surface area contributed by atoms with E-state index in [-0.39, 0.29) is 21.1 Å². The molecule has 7 aromatic carbocycles. The van der Waals surface area contributed by atoms with Crippen molar-refractivity contribution in [1.29, 1.82) is 0 Å². The second-order valence-electron chi connectivity index (χ2n) is 14.4. The van der Waals surface area contributed by atoms with E-state index in [1.54, 1.807) is 0 Å². The van der Waals surface area contributed by atoms with Crippen LogP contribution in [0.4, 0.5) is 0 Å². The van der Waals surface area contributed by atoms with Crippen molar-refractivity contribution in [2.75, 3.05) is 0 Å². The summed E-state index contributed by atoms with van der Waals surface area (Å²) in [5.74, 6) is 1.19. The number of benzene rings is 7. The third kappa shape index (κ3) is 5.07. The zero-order valence-electron chi connectivity index (χ0n) is 30.7. The minimum atomic E-state index is -2.78. The smallest absolute Gasteiger partial charge is 0.503 e. The summed E-state index contributed by atoms with van der Waals surface area (Å²) in [6, 6.07) is 66.0. The van der Waals surface area contributed by atoms with Gasteiger partial charge >= 0.3 is 21.1 Å². The summed E-state index contributed by atoms with van der Waals surface area (Å²) in [7, 11) is -2.78. The molecule has 0 saturated carbocycles. The second-order valence-corrected chi connectivity index (χ2v) is 19.2. The van der Waals surface area contributed by atoms with Crippen LogP contribution >= 0.6 is 11.8 Å². The third-order valence-electron chi connectivity index (χ3n) is 11.4. The van der Waals surface area contributed by atoms with Crippen molar-refractivity contribution in [2.45, 2.75) is 9.79 Å². The Morgan fingerprint density at radius 1 is 0.534 bits per heavy atom. The van der Waals surface area contributed by atoms with E-state index < -0.39 is 8.07 Å². The number of aromatic nitrogens is 4. The zero-order valence-corrected chi connectivity index (χ0v) is 34.8. The van der Waals surface area contributed by atoms with Gasteiger partial charge in [0, 0.05) is 56.2 Å². The zero-order chi connectivity index (χ0) is 37.5. The molecule has 0 aliphatic carbocycles. The van der Waals surface area contributed by atoms with Crippen molar-refractivity contribution < 1.29 is 25.8 Å². The topological polar surface area (TPSA) is 44.4 Å². The average Bonchev–Trinajstić information content (AvgIpc) is 3.91. The molecule has 276 valence electrons. The Morgan fingerprint density at radius 2 is 1.24 bits per heavy atom. The first kappa shape index (κ1) is 35.0. The monoisotopic (exact) mass is 957 g/mol. The first-order valence-corrected chi connectivity index (χ1v) is 21.8. The van der Waals surface area contributed by atoms with E-state index >= 15 is 0 Å². The van der Waals surface area contributed by atoms with Gasteiger partial charge in [-0.1, -0.05) is 143 Å². The minimum Gasteiger partial charge on any atom is -0.503 e. The van der Waals surface area contributed by atoms with Crippen LogP contribution in [0.5, 0.6) is 11.5 Å². The van der Waals surface area contributed by atoms with Gasteiger partial charge in [0.15, 0.2) is 8.07 Å². The van der Waals surface area contributed by atoms with Crippen molar-refractivity contribution in [3.8, 4) is 17.2 Å². The van der Waals surface area contributed by atoms with E-state index in [0.29, 0.717) is 11.5 Å². The van der Waals surface area contributed by atoms with Gasteiger partial charge in [0.2, 0.25) is 0 Å². The molecule has 11 aromatic rings. The Balaban J connectivity index is 0.00000385. The van der Waals surface area contributed by atoms with Crippen LogP contribution in [0.15, 0.2) is 192 Å². The van der Waals surface area contributed by atoms with Gasteiger partial charge in [-0.2, -0.15) is 6.07 Å². The number of rotatable bonds is 5. The SMILES string of the molecule is [Pt+2].[c-]1c(Oc2[c-]c3c(cc2)c2ccccc2n2ccnc32)cccc1-n1c2ncccc2c2ccc3c(c21)Sc1ccccc1[Si]3(c1ccccc1)c1ccccc1. The van der Waals surface area contributed by atoms with Gasteiger partial charge in [0.1, 0.15) is 5.65 Å². The predicted molar refractivity (Wildman–Crippen MR) is 234 cm³/mol. The molecule has 0 fully saturated rings. The number of ether oxygens (including phenoxy) is 1. The number of nitrogens with zero attached hydrogens (tertiary/aromatic N) is 4. The molecule has 0 spiro atoms. The molecule has 0 radical (unpaired) electrons. The normalized spacial score (nSPS) is 13.1. The van der Waals surface area contributed by atoms with E-state index in [4.69, 9.17) is 14.7 Å². The third-order valence-corrected chi connectivity index (χ3v) is 17.8. The first-order valence-electron chi connectivity index (χ1n) is 19.0. The van der Waals surface area contributed by atoms with Gasteiger partial charge in [0.05, 0.1) is 11.2 Å². The summed E-state index contributed by atoms with van der Waals surface area (Å²) >= 11 is 1.87. The molecular formula is C50H30N4OPtSSi. The molecule has 1 aliphatic rings. The molecule has 5 nitrogen and oxygen atoms in total. The Kier molecular flexibility index (Phi) is 8.26. The summed E-state index contributed by atoms with van der Waals surface area (Å²) in [4.78, 5) is 12.3. The van der Waals surface area contributed by atoms with Crippen LogP contribution in [0.2, 0.25) is 0 Å². The Morgan fingerprint density at radius 3 is 2.09 bits per heavy atom. The fourth-order valence-electron chi connectivity index (χ4n) is 9.09. The standard InChI is InChI=1S/C50H30N4OSSi.Pt/c1-3-15-36(16-4-1)57(37-17-5-2-6-18-37)45-23-10-9-22-44(45)56-48-46(57)27-26-40-41-20-12-28-51-50(41)54(47(40)48)33-13-11-14-34(31-33)55-35-24-25-38-39-19-7-8-21-43(39)53-30-29-52-49(53)42(38)32-35;/h1-30H;/q-2;+2. The summed E-state index contributed by atoms with van der Waals surface area (Å²) < 4.78 is 11.0. The number of fused-ring (bicyclic) bond motifs is 12. The maximum absolute atomic E-state index is 6.61. The van der Waals surface area contributed by atoms with Gasteiger partial charge in [-0.25, -0.2) is 4.98 Å². The van der Waals surface area contributed by atoms with Crippen LogP contribution in [-0.2, 0) is 21.1 Å². The summed E-state index contributed by atoms with van der Waals surface area (Å²) in [5.41, 5.74) is 4.82. The molecule has 0 N–H and O–H groups in total. The molecule has 0 atom stereocenters. The van der Waals surface area contributed by atoms with Crippen LogP contribution in [0, 0.1) is 12.1 Å². The van der Waals surface area contributed by atoms with Gasteiger partial charge < -0.3 is 13.7 Å². The van der Waals surface area contributed by atoms with E-state index in [1.807, 2.05) is 54.6 Å². The molecule has 58 heavy (non-hydrogen) atoms. The molecule has 0 amide bonds. The molecule has 0 saturated heterocycles. The van der Waals surface area contributed by atoms with E-state index in [2.05, 4.69) is 161 Å². The Labute approximate surface area is 353 Å². The molecule has 8 heteroatoms. The molecule has 0 bridgehead atoms. The van der Waals surface area contributed by atoms with Crippen LogP contribution in [0.1, 0.15) is 0 Å². The molecule has 12 rings (SSSR count). The number of hydrogen-bond acceptors (Lipinski definition) is 4. The van der Waals surface area contributed by atoms with E-state index in [0.717, 1.165) is 54.9 Å². The Bertz CT molecular complexity index is 3340. The van der Waals surface area contributed by atoms with Gasteiger partial charge in [0.25, 0.3) is 0 Å². The van der Waals surface area contributed by atoms with E-state index in [9.17, 15) is 0 Å². The Hall–Kier alpha value is -6.24. The van der Waals surface area contributed by atoms with Crippen molar-refractivity contribution >= 4 is 89.8 Å². The van der Waals surface area contributed by atoms with E-state index in [1.165, 1.54) is 30.5 Å². The van der Waals surface area contributed by atoms with Gasteiger partial charge in [-0.3, -0.25) is 4.98 Å². The van der Waals surface area contributed by atoms with Crippen molar-refractivity contribution in [2.24, 2.45) is 0 Å². The predicted octanol–water partition coefficient (Wildman–Crippen LogP) is 9.36. The first-order chi connectivity index (χ1) is 28.3. The summed E-state index contributed by atoms with van der Waals surface area (Å²) in [6.07, 6.45) is 5.71. The molecule has 0 unspecified atom stereocenters. The number of pyridine rings is 2. The van der Waals surface area contributed by atoms with Crippen molar-refractivity contribution in [3.63, 3.8) is 0 Å². The largest absolute Gasteiger partial charge is 2.00 e. The van der Waals surface area contributed by atoms with Crippen LogP contribution in [0.3, 0.4) is 0 Å². The molecule has 5 heterocycles. The fourth-order valence-corrected chi connectivity index (χ4v) is 16.2. The summed E-state index contributed by atoms with van der Waals surface area (Å²) in [6.45, 7) is 0. The second kappa shape index (κ2) is 13.7. The molecule has 4 aromatic heterocycles. The van der Waals surface area contributed by atoms with Crippen molar-refractivity contribution in [1.82, 2.24) is 18.9 Å². The average molecular weight is 958 g/mol. The maximum Gasteiger partial charge on any atom is 2.00 e. The number of para-hydroxylation sites is 1. The molecular weight excluding hydrogens is 928 g/mol. The van der Waals surface area contributed by atoms with Crippen molar-refractivity contribution in [3.05, 3.63) is 195 Å². The van der Waals surface area contributed by atoms with Crippen LogP contribution in [-0.4, -0.2) is 27.0 Å². The minimum absolute atomic E-state index is 0. The molecule has 1 aliphatic heterocycles. The number of imidazole rings is 1. The quantitative estimate of drug-likeness (QED) is 0.0981. The summed E-state index contributed by atoms with van der Waals surface area (Å²) in [5, 5.41) is 10.9.